The van der Waals surface area contributed by atoms with Gasteiger partial charge in [0.05, 0.1) is 18.0 Å². The quantitative estimate of drug-likeness (QED) is 0.418. The second-order valence-electron chi connectivity index (χ2n) is 3.56. The van der Waals surface area contributed by atoms with Gasteiger partial charge in [-0.2, -0.15) is 5.10 Å². The molecule has 1 heterocycles. The number of hydrogen-bond acceptors (Lipinski definition) is 6. The van der Waals surface area contributed by atoms with Crippen molar-refractivity contribution in [3.05, 3.63) is 22.5 Å². The molecule has 0 saturated heterocycles. The Balaban J connectivity index is 2.30. The van der Waals surface area contributed by atoms with Gasteiger partial charge in [-0.25, -0.2) is 0 Å². The van der Waals surface area contributed by atoms with Gasteiger partial charge in [0.15, 0.2) is 0 Å². The van der Waals surface area contributed by atoms with E-state index in [0.717, 1.165) is 17.1 Å². The molecule has 0 aliphatic heterocycles. The normalized spacial score (nSPS) is 9.95. The highest BCUT2D eigenvalue weighted by molar-refractivity contribution is 5.76. The molecule has 9 nitrogen and oxygen atoms in total. The first-order chi connectivity index (χ1) is 9.02. The largest absolute Gasteiger partial charge is 0.466 e. The molecule has 19 heavy (non-hydrogen) atoms. The van der Waals surface area contributed by atoms with Crippen LogP contribution in [0.1, 0.15) is 13.3 Å². The van der Waals surface area contributed by atoms with Gasteiger partial charge in [-0.3, -0.25) is 24.4 Å². The summed E-state index contributed by atoms with van der Waals surface area (Å²) in [4.78, 5) is 32.2. The van der Waals surface area contributed by atoms with Crippen molar-refractivity contribution in [2.75, 3.05) is 13.2 Å². The topological polar surface area (TPSA) is 116 Å². The van der Waals surface area contributed by atoms with Crippen LogP contribution in [0.25, 0.3) is 0 Å². The van der Waals surface area contributed by atoms with Crippen LogP contribution in [0, 0.1) is 10.1 Å². The SMILES string of the molecule is CCOC(=O)CCNC(=O)Cn1cc([N+](=O)[O-])cn1. The molecule has 9 heteroatoms. The molecule has 0 aliphatic carbocycles. The van der Waals surface area contributed by atoms with Crippen LogP contribution in [-0.2, 0) is 20.9 Å². The third-order valence-electron chi connectivity index (χ3n) is 2.09. The minimum atomic E-state index is -0.595. The molecule has 1 N–H and O–H groups in total. The second-order valence-corrected chi connectivity index (χ2v) is 3.56. The molecule has 0 aliphatic rings. The first-order valence-corrected chi connectivity index (χ1v) is 5.62. The number of nitrogens with zero attached hydrogens (tertiary/aromatic N) is 3. The van der Waals surface area contributed by atoms with Crippen molar-refractivity contribution in [1.82, 2.24) is 15.1 Å². The molecule has 1 aromatic rings. The Labute approximate surface area is 108 Å². The number of aromatic nitrogens is 2. The number of esters is 1. The van der Waals surface area contributed by atoms with Crippen molar-refractivity contribution in [2.24, 2.45) is 0 Å². The smallest absolute Gasteiger partial charge is 0.307 e. The molecular formula is C10H14N4O5. The van der Waals surface area contributed by atoms with Crippen LogP contribution in [-0.4, -0.2) is 39.7 Å². The Morgan fingerprint density at radius 3 is 2.89 bits per heavy atom. The Morgan fingerprint density at radius 2 is 2.32 bits per heavy atom. The summed E-state index contributed by atoms with van der Waals surface area (Å²) in [6.07, 6.45) is 2.30. The molecule has 104 valence electrons. The number of amides is 1. The van der Waals surface area contributed by atoms with Gasteiger partial charge in [-0.1, -0.05) is 0 Å². The van der Waals surface area contributed by atoms with E-state index in [9.17, 15) is 19.7 Å². The van der Waals surface area contributed by atoms with Crippen LogP contribution >= 0.6 is 0 Å². The van der Waals surface area contributed by atoms with Crippen LogP contribution in [0.15, 0.2) is 12.4 Å². The molecule has 0 atom stereocenters. The summed E-state index contributed by atoms with van der Waals surface area (Å²) in [6, 6.07) is 0. The standard InChI is InChI=1S/C10H14N4O5/c1-2-19-10(16)3-4-11-9(15)7-13-6-8(5-12-13)14(17)18/h5-6H,2-4,7H2,1H3,(H,11,15). The third kappa shape index (κ3) is 5.15. The Kier molecular flexibility index (Phi) is 5.45. The van der Waals surface area contributed by atoms with Gasteiger partial charge >= 0.3 is 11.7 Å². The summed E-state index contributed by atoms with van der Waals surface area (Å²) < 4.78 is 5.84. The van der Waals surface area contributed by atoms with Gasteiger partial charge < -0.3 is 10.1 Å². The first kappa shape index (κ1) is 14.6. The predicted molar refractivity (Wildman–Crippen MR) is 63.1 cm³/mol. The highest BCUT2D eigenvalue weighted by Crippen LogP contribution is 2.07. The summed E-state index contributed by atoms with van der Waals surface area (Å²) >= 11 is 0. The zero-order chi connectivity index (χ0) is 14.3. The third-order valence-corrected chi connectivity index (χ3v) is 2.09. The van der Waals surface area contributed by atoms with E-state index in [1.54, 1.807) is 6.92 Å². The fourth-order valence-electron chi connectivity index (χ4n) is 1.27. The number of nitrogens with one attached hydrogen (secondary N) is 1. The average Bonchev–Trinajstić information content (AvgIpc) is 2.78. The molecule has 1 aromatic heterocycles. The maximum Gasteiger partial charge on any atom is 0.307 e. The second kappa shape index (κ2) is 7.09. The summed E-state index contributed by atoms with van der Waals surface area (Å²) in [6.45, 7) is 2.00. The zero-order valence-electron chi connectivity index (χ0n) is 10.4. The molecular weight excluding hydrogens is 256 g/mol. The molecule has 1 rings (SSSR count). The van der Waals surface area contributed by atoms with E-state index in [1.165, 1.54) is 0 Å². The molecule has 0 saturated carbocycles. The molecule has 1 amide bonds. The number of carbonyl (C=O) groups excluding carboxylic acids is 2. The summed E-state index contributed by atoms with van der Waals surface area (Å²) in [5.74, 6) is -0.778. The zero-order valence-corrected chi connectivity index (χ0v) is 10.4. The Bertz CT molecular complexity index is 470. The van der Waals surface area contributed by atoms with E-state index >= 15 is 0 Å². The van der Waals surface area contributed by atoms with Crippen LogP contribution in [0.5, 0.6) is 0 Å². The minimum Gasteiger partial charge on any atom is -0.466 e. The monoisotopic (exact) mass is 270 g/mol. The van der Waals surface area contributed by atoms with Gasteiger partial charge in [0, 0.05) is 6.54 Å². The molecule has 0 bridgehead atoms. The maximum absolute atomic E-state index is 11.4. The van der Waals surface area contributed by atoms with E-state index < -0.39 is 10.9 Å². The van der Waals surface area contributed by atoms with Gasteiger partial charge in [0.25, 0.3) is 0 Å². The van der Waals surface area contributed by atoms with Crippen molar-refractivity contribution < 1.29 is 19.2 Å². The Morgan fingerprint density at radius 1 is 1.58 bits per heavy atom. The number of rotatable bonds is 7. The lowest BCUT2D eigenvalue weighted by molar-refractivity contribution is -0.385. The highest BCUT2D eigenvalue weighted by atomic mass is 16.6. The first-order valence-electron chi connectivity index (χ1n) is 5.62. The van der Waals surface area contributed by atoms with Gasteiger partial charge in [0.2, 0.25) is 5.91 Å². The molecule has 0 aromatic carbocycles. The lowest BCUT2D eigenvalue weighted by Crippen LogP contribution is -2.30. The van der Waals surface area contributed by atoms with E-state index in [1.807, 2.05) is 0 Å². The predicted octanol–water partition coefficient (Wildman–Crippen LogP) is -0.139. The van der Waals surface area contributed by atoms with Gasteiger partial charge in [0.1, 0.15) is 18.9 Å². The molecule has 0 fully saturated rings. The van der Waals surface area contributed by atoms with E-state index in [2.05, 4.69) is 15.2 Å². The molecule has 0 radical (unpaired) electrons. The lowest BCUT2D eigenvalue weighted by atomic mass is 10.4. The van der Waals surface area contributed by atoms with Crippen molar-refractivity contribution in [3.8, 4) is 0 Å². The molecule has 0 unspecified atom stereocenters. The van der Waals surface area contributed by atoms with Crippen LogP contribution in [0.2, 0.25) is 0 Å². The van der Waals surface area contributed by atoms with Gasteiger partial charge in [-0.05, 0) is 6.92 Å². The van der Waals surface area contributed by atoms with Crippen molar-refractivity contribution in [3.63, 3.8) is 0 Å². The van der Waals surface area contributed by atoms with E-state index in [0.29, 0.717) is 6.61 Å². The summed E-state index contributed by atoms with van der Waals surface area (Å²) in [5.41, 5.74) is -0.181. The van der Waals surface area contributed by atoms with Crippen molar-refractivity contribution in [1.29, 1.82) is 0 Å². The van der Waals surface area contributed by atoms with Crippen LogP contribution < -0.4 is 5.32 Å². The minimum absolute atomic E-state index is 0.0822. The number of ether oxygens (including phenoxy) is 1. The fourth-order valence-corrected chi connectivity index (χ4v) is 1.27. The Hall–Kier alpha value is -2.45. The summed E-state index contributed by atoms with van der Waals surface area (Å²) in [5, 5.41) is 16.6. The van der Waals surface area contributed by atoms with Crippen molar-refractivity contribution >= 4 is 17.6 Å². The maximum atomic E-state index is 11.4. The van der Waals surface area contributed by atoms with E-state index in [-0.39, 0.29) is 31.1 Å². The van der Waals surface area contributed by atoms with E-state index in [4.69, 9.17) is 0 Å². The average molecular weight is 270 g/mol. The molecule has 0 spiro atoms. The summed E-state index contributed by atoms with van der Waals surface area (Å²) in [7, 11) is 0. The van der Waals surface area contributed by atoms with Crippen molar-refractivity contribution in [2.45, 2.75) is 19.9 Å². The lowest BCUT2D eigenvalue weighted by Gasteiger charge is -2.04. The van der Waals surface area contributed by atoms with Crippen LogP contribution in [0.4, 0.5) is 5.69 Å². The number of nitro groups is 1. The number of hydrogen-bond donors (Lipinski definition) is 1. The fraction of sp³-hybridized carbons (Fsp3) is 0.500. The van der Waals surface area contributed by atoms with Crippen LogP contribution in [0.3, 0.4) is 0 Å². The van der Waals surface area contributed by atoms with Gasteiger partial charge in [-0.15, -0.1) is 0 Å². The number of carbonyl (C=O) groups is 2. The highest BCUT2D eigenvalue weighted by Gasteiger charge is 2.11.